The maximum atomic E-state index is 13.8. The Labute approximate surface area is 249 Å². The molecule has 5 rings (SSSR count). The van der Waals surface area contributed by atoms with Gasteiger partial charge in [-0.25, -0.2) is 0 Å². The summed E-state index contributed by atoms with van der Waals surface area (Å²) in [5.74, 6) is -0.372. The Morgan fingerprint density at radius 1 is 0.773 bits per heavy atom. The summed E-state index contributed by atoms with van der Waals surface area (Å²) in [6.45, 7) is 0.912. The number of aliphatic hydroxyl groups is 6. The summed E-state index contributed by atoms with van der Waals surface area (Å²) in [6, 6.07) is 8.95. The highest BCUT2D eigenvalue weighted by Crippen LogP contribution is 2.38. The van der Waals surface area contributed by atoms with Gasteiger partial charge in [-0.1, -0.05) is 0 Å². The molecular formula is C29H34O15. The van der Waals surface area contributed by atoms with Crippen LogP contribution >= 0.6 is 0 Å². The van der Waals surface area contributed by atoms with Gasteiger partial charge in [0.2, 0.25) is 17.5 Å². The van der Waals surface area contributed by atoms with Crippen LogP contribution in [0, 0.1) is 0 Å². The molecule has 44 heavy (non-hydrogen) atoms. The fourth-order valence-electron chi connectivity index (χ4n) is 5.02. The largest absolute Gasteiger partial charge is 0.507 e. The summed E-state index contributed by atoms with van der Waals surface area (Å²) < 4.78 is 38.8. The lowest BCUT2D eigenvalue weighted by atomic mass is 9.98. The van der Waals surface area contributed by atoms with E-state index in [1.165, 1.54) is 33.3 Å². The molecule has 3 heterocycles. The predicted octanol–water partition coefficient (Wildman–Crippen LogP) is -0.787. The topological polar surface area (TPSA) is 227 Å². The van der Waals surface area contributed by atoms with Crippen molar-refractivity contribution < 1.29 is 68.6 Å². The van der Waals surface area contributed by atoms with Crippen molar-refractivity contribution in [3.8, 4) is 34.3 Å². The molecule has 2 aliphatic rings. The first-order valence-electron chi connectivity index (χ1n) is 13.6. The van der Waals surface area contributed by atoms with Crippen LogP contribution in [0.25, 0.3) is 22.3 Å². The maximum absolute atomic E-state index is 13.8. The van der Waals surface area contributed by atoms with Crippen LogP contribution in [0.3, 0.4) is 0 Å². The fourth-order valence-corrected chi connectivity index (χ4v) is 5.02. The van der Waals surface area contributed by atoms with Crippen LogP contribution < -0.4 is 19.6 Å². The smallest absolute Gasteiger partial charge is 0.239 e. The number of phenols is 1. The van der Waals surface area contributed by atoms with Crippen molar-refractivity contribution >= 4 is 11.0 Å². The van der Waals surface area contributed by atoms with Gasteiger partial charge in [0.25, 0.3) is 0 Å². The van der Waals surface area contributed by atoms with Crippen molar-refractivity contribution in [1.29, 1.82) is 0 Å². The molecule has 0 radical (unpaired) electrons. The third kappa shape index (κ3) is 5.93. The van der Waals surface area contributed by atoms with Gasteiger partial charge in [-0.2, -0.15) is 0 Å². The number of aromatic hydroxyl groups is 1. The first kappa shape index (κ1) is 31.9. The third-order valence-corrected chi connectivity index (χ3v) is 7.63. The minimum absolute atomic E-state index is 0.0376. The summed E-state index contributed by atoms with van der Waals surface area (Å²) >= 11 is 0. The van der Waals surface area contributed by atoms with Crippen molar-refractivity contribution in [3.63, 3.8) is 0 Å². The lowest BCUT2D eigenvalue weighted by Gasteiger charge is -2.42. The minimum atomic E-state index is -1.88. The van der Waals surface area contributed by atoms with E-state index in [1.807, 2.05) is 0 Å². The molecule has 2 fully saturated rings. The van der Waals surface area contributed by atoms with E-state index in [0.717, 1.165) is 0 Å². The van der Waals surface area contributed by atoms with E-state index in [1.54, 1.807) is 24.3 Å². The molecule has 2 saturated heterocycles. The molecule has 0 unspecified atom stereocenters. The van der Waals surface area contributed by atoms with Crippen LogP contribution in [0.1, 0.15) is 6.92 Å². The van der Waals surface area contributed by atoms with Crippen molar-refractivity contribution in [2.24, 2.45) is 0 Å². The second-order valence-corrected chi connectivity index (χ2v) is 10.5. The highest BCUT2D eigenvalue weighted by atomic mass is 16.7. The monoisotopic (exact) mass is 622 g/mol. The zero-order valence-electron chi connectivity index (χ0n) is 23.8. The van der Waals surface area contributed by atoms with Crippen LogP contribution in [0.2, 0.25) is 0 Å². The summed E-state index contributed by atoms with van der Waals surface area (Å²) in [4.78, 5) is 13.8. The average Bonchev–Trinajstić information content (AvgIpc) is 3.02. The van der Waals surface area contributed by atoms with E-state index in [4.69, 9.17) is 32.8 Å². The van der Waals surface area contributed by atoms with Gasteiger partial charge in [0.05, 0.1) is 26.9 Å². The molecule has 7 N–H and O–H groups in total. The molecule has 0 saturated carbocycles. The minimum Gasteiger partial charge on any atom is -0.507 e. The number of hydrogen-bond acceptors (Lipinski definition) is 15. The Hall–Kier alpha value is -3.51. The molecule has 10 atom stereocenters. The first-order valence-corrected chi connectivity index (χ1v) is 13.6. The number of fused-ring (bicyclic) bond motifs is 1. The van der Waals surface area contributed by atoms with Crippen LogP contribution in [0.5, 0.6) is 23.0 Å². The molecule has 0 bridgehead atoms. The number of ether oxygens (including phenoxy) is 6. The van der Waals surface area contributed by atoms with Gasteiger partial charge in [-0.05, 0) is 31.2 Å². The molecule has 3 aromatic rings. The number of aliphatic hydroxyl groups excluding tert-OH is 6. The highest BCUT2D eigenvalue weighted by molar-refractivity contribution is 5.88. The van der Waals surface area contributed by atoms with E-state index in [-0.39, 0.29) is 22.5 Å². The summed E-state index contributed by atoms with van der Waals surface area (Å²) in [7, 11) is 2.85. The predicted molar refractivity (Wildman–Crippen MR) is 148 cm³/mol. The maximum Gasteiger partial charge on any atom is 0.239 e. The summed E-state index contributed by atoms with van der Waals surface area (Å²) in [5, 5.41) is 72.5. The van der Waals surface area contributed by atoms with Gasteiger partial charge >= 0.3 is 0 Å². The SMILES string of the molecule is COc1ccc(-c2oc3cc(OC)cc(O)c3c(=O)c2O[C@@H]2O[C@H](CO[C@H]3O[C@@H](C)[C@H](O)[C@@H](O)[C@H]3O)[C@@H](O)[C@H](O)[C@H]2O)cc1. The van der Waals surface area contributed by atoms with Crippen molar-refractivity contribution in [2.45, 2.75) is 68.3 Å². The Balaban J connectivity index is 1.48. The van der Waals surface area contributed by atoms with Crippen LogP contribution in [0.4, 0.5) is 0 Å². The standard InChI is InChI=1S/C29H34O15/c1-11-19(31)22(34)24(36)28(41-11)40-10-17-20(32)23(35)25(37)29(43-17)44-27-21(33)18-15(30)8-14(39-3)9-16(18)42-26(27)12-4-6-13(38-2)7-5-12/h4-9,11,17,19-20,22-25,28-32,34-37H,10H2,1-3H3/t11-,17+,19-,20+,22+,23-,24+,25+,28-,29-/m0/s1. The molecule has 2 aliphatic heterocycles. The molecule has 2 aromatic carbocycles. The highest BCUT2D eigenvalue weighted by Gasteiger charge is 2.47. The third-order valence-electron chi connectivity index (χ3n) is 7.63. The average molecular weight is 623 g/mol. The number of methoxy groups -OCH3 is 2. The lowest BCUT2D eigenvalue weighted by molar-refractivity contribution is -0.318. The Kier molecular flexibility index (Phi) is 9.31. The van der Waals surface area contributed by atoms with Gasteiger partial charge in [0, 0.05) is 17.7 Å². The first-order chi connectivity index (χ1) is 20.9. The molecule has 15 nitrogen and oxygen atoms in total. The van der Waals surface area contributed by atoms with Gasteiger partial charge in [0.1, 0.15) is 70.9 Å². The van der Waals surface area contributed by atoms with E-state index in [0.29, 0.717) is 11.3 Å². The van der Waals surface area contributed by atoms with Gasteiger partial charge in [0.15, 0.2) is 12.1 Å². The Morgan fingerprint density at radius 2 is 1.41 bits per heavy atom. The van der Waals surface area contributed by atoms with Crippen LogP contribution in [-0.4, -0.2) is 118 Å². The van der Waals surface area contributed by atoms with Crippen molar-refractivity contribution in [2.75, 3.05) is 20.8 Å². The van der Waals surface area contributed by atoms with E-state index >= 15 is 0 Å². The molecule has 1 aromatic heterocycles. The molecule has 0 aliphatic carbocycles. The van der Waals surface area contributed by atoms with E-state index < -0.39 is 84.9 Å². The lowest BCUT2D eigenvalue weighted by Crippen LogP contribution is -2.61. The Morgan fingerprint density at radius 3 is 2.07 bits per heavy atom. The number of phenolic OH excluding ortho intramolecular Hbond substituents is 1. The molecule has 15 heteroatoms. The van der Waals surface area contributed by atoms with E-state index in [9.17, 15) is 40.5 Å². The van der Waals surface area contributed by atoms with Crippen LogP contribution in [0.15, 0.2) is 45.6 Å². The summed E-state index contributed by atoms with van der Waals surface area (Å²) in [5.41, 5.74) is -0.544. The molecule has 0 amide bonds. The second kappa shape index (κ2) is 12.8. The van der Waals surface area contributed by atoms with Crippen LogP contribution in [-0.2, 0) is 14.2 Å². The summed E-state index contributed by atoms with van der Waals surface area (Å²) in [6.07, 6.45) is -15.6. The molecule has 0 spiro atoms. The van der Waals surface area contributed by atoms with Crippen molar-refractivity contribution in [3.05, 3.63) is 46.6 Å². The van der Waals surface area contributed by atoms with Gasteiger partial charge in [-0.3, -0.25) is 4.79 Å². The number of hydrogen-bond donors (Lipinski definition) is 7. The Bertz CT molecular complexity index is 1510. The normalized spacial score (nSPS) is 32.4. The van der Waals surface area contributed by atoms with Gasteiger partial charge in [-0.15, -0.1) is 0 Å². The quantitative estimate of drug-likeness (QED) is 0.163. The number of benzene rings is 2. The zero-order chi connectivity index (χ0) is 31.9. The molecule has 240 valence electrons. The number of rotatable bonds is 8. The zero-order valence-corrected chi connectivity index (χ0v) is 23.8. The molecular weight excluding hydrogens is 588 g/mol. The van der Waals surface area contributed by atoms with Gasteiger partial charge < -0.3 is 68.6 Å². The van der Waals surface area contributed by atoms with E-state index in [2.05, 4.69) is 0 Å². The van der Waals surface area contributed by atoms with Crippen molar-refractivity contribution in [1.82, 2.24) is 0 Å². The second-order valence-electron chi connectivity index (χ2n) is 10.5. The fraction of sp³-hybridized carbons (Fsp3) is 0.483.